The summed E-state index contributed by atoms with van der Waals surface area (Å²) in [6.07, 6.45) is 0.471. The maximum atomic E-state index is 11.4. The molecule has 0 amide bonds. The molecule has 1 aromatic rings. The molecule has 4 heteroatoms. The van der Waals surface area contributed by atoms with Crippen LogP contribution in [0.3, 0.4) is 0 Å². The van der Waals surface area contributed by atoms with E-state index in [2.05, 4.69) is 0 Å². The van der Waals surface area contributed by atoms with Gasteiger partial charge < -0.3 is 9.47 Å². The Hall–Kier alpha value is -1.84. The lowest BCUT2D eigenvalue weighted by molar-refractivity contribution is -0.124. The summed E-state index contributed by atoms with van der Waals surface area (Å²) in [4.78, 5) is 22.5. The fraction of sp³-hybridized carbons (Fsp3) is 0.467. The first-order valence-electron chi connectivity index (χ1n) is 6.43. The first-order valence-corrected chi connectivity index (χ1v) is 6.43. The van der Waals surface area contributed by atoms with Crippen LogP contribution in [-0.2, 0) is 9.59 Å². The van der Waals surface area contributed by atoms with Crippen LogP contribution in [0.15, 0.2) is 24.3 Å². The van der Waals surface area contributed by atoms with E-state index in [1.807, 2.05) is 13.8 Å². The Balaban J connectivity index is 2.43. The monoisotopic (exact) mass is 264 g/mol. The van der Waals surface area contributed by atoms with Crippen molar-refractivity contribution >= 4 is 11.6 Å². The average Bonchev–Trinajstić information content (AvgIpc) is 2.42. The highest BCUT2D eigenvalue weighted by Gasteiger charge is 2.08. The van der Waals surface area contributed by atoms with E-state index in [0.717, 1.165) is 0 Å². The molecule has 0 N–H and O–H groups in total. The van der Waals surface area contributed by atoms with Crippen molar-refractivity contribution in [1.82, 2.24) is 0 Å². The van der Waals surface area contributed by atoms with E-state index in [9.17, 15) is 9.59 Å². The fourth-order valence-electron chi connectivity index (χ4n) is 1.22. The third-order valence-electron chi connectivity index (χ3n) is 2.64. The Bertz CT molecular complexity index is 420. The van der Waals surface area contributed by atoms with Crippen LogP contribution in [0.4, 0.5) is 0 Å². The van der Waals surface area contributed by atoms with Gasteiger partial charge in [-0.3, -0.25) is 9.59 Å². The molecule has 0 saturated carbocycles. The van der Waals surface area contributed by atoms with Crippen LogP contribution in [-0.4, -0.2) is 24.8 Å². The van der Waals surface area contributed by atoms with Crippen LogP contribution >= 0.6 is 0 Å². The smallest absolute Gasteiger partial charge is 0.172 e. The molecule has 0 heterocycles. The van der Waals surface area contributed by atoms with Crippen LogP contribution in [0.25, 0.3) is 0 Å². The summed E-state index contributed by atoms with van der Waals surface area (Å²) in [7, 11) is 0. The summed E-state index contributed by atoms with van der Waals surface area (Å²) >= 11 is 0. The highest BCUT2D eigenvalue weighted by molar-refractivity contribution is 5.81. The van der Waals surface area contributed by atoms with Crippen LogP contribution in [0.2, 0.25) is 0 Å². The SMILES string of the molecule is CCC(=O)COc1ccc(OCC(=O)C(C)C)cc1. The van der Waals surface area contributed by atoms with Gasteiger partial charge in [-0.05, 0) is 24.3 Å². The fourth-order valence-corrected chi connectivity index (χ4v) is 1.22. The first kappa shape index (κ1) is 15.2. The van der Waals surface area contributed by atoms with Gasteiger partial charge in [0.1, 0.15) is 24.7 Å². The Morgan fingerprint density at radius 1 is 1.00 bits per heavy atom. The number of ether oxygens (including phenoxy) is 2. The van der Waals surface area contributed by atoms with Gasteiger partial charge in [0.25, 0.3) is 0 Å². The van der Waals surface area contributed by atoms with E-state index in [4.69, 9.17) is 9.47 Å². The Kier molecular flexibility index (Phi) is 6.06. The van der Waals surface area contributed by atoms with E-state index >= 15 is 0 Å². The molecule has 19 heavy (non-hydrogen) atoms. The zero-order chi connectivity index (χ0) is 14.3. The van der Waals surface area contributed by atoms with Gasteiger partial charge in [0.05, 0.1) is 0 Å². The average molecular weight is 264 g/mol. The summed E-state index contributed by atoms with van der Waals surface area (Å²) < 4.78 is 10.7. The lowest BCUT2D eigenvalue weighted by Gasteiger charge is -2.08. The molecule has 0 fully saturated rings. The molecule has 0 spiro atoms. The second-order valence-electron chi connectivity index (χ2n) is 4.56. The molecule has 104 valence electrons. The number of hydrogen-bond acceptors (Lipinski definition) is 4. The van der Waals surface area contributed by atoms with Crippen molar-refractivity contribution in [3.8, 4) is 11.5 Å². The molecule has 1 aromatic carbocycles. The summed E-state index contributed by atoms with van der Waals surface area (Å²) in [5, 5.41) is 0. The zero-order valence-electron chi connectivity index (χ0n) is 11.6. The quantitative estimate of drug-likeness (QED) is 0.724. The van der Waals surface area contributed by atoms with Crippen molar-refractivity contribution in [2.24, 2.45) is 5.92 Å². The number of ketones is 2. The zero-order valence-corrected chi connectivity index (χ0v) is 11.6. The van der Waals surface area contributed by atoms with Gasteiger partial charge in [0.15, 0.2) is 11.6 Å². The minimum absolute atomic E-state index is 0.0253. The summed E-state index contributed by atoms with van der Waals surface area (Å²) in [6, 6.07) is 6.88. The van der Waals surface area contributed by atoms with Gasteiger partial charge in [-0.25, -0.2) is 0 Å². The van der Waals surface area contributed by atoms with E-state index in [1.54, 1.807) is 31.2 Å². The van der Waals surface area contributed by atoms with Gasteiger partial charge in [0, 0.05) is 12.3 Å². The minimum Gasteiger partial charge on any atom is -0.486 e. The van der Waals surface area contributed by atoms with Crippen molar-refractivity contribution in [1.29, 1.82) is 0 Å². The normalized spacial score (nSPS) is 10.3. The first-order chi connectivity index (χ1) is 9.02. The van der Waals surface area contributed by atoms with Crippen molar-refractivity contribution < 1.29 is 19.1 Å². The number of hydrogen-bond donors (Lipinski definition) is 0. The third kappa shape index (κ3) is 5.55. The van der Waals surface area contributed by atoms with Gasteiger partial charge in [0.2, 0.25) is 0 Å². The van der Waals surface area contributed by atoms with Crippen molar-refractivity contribution in [2.75, 3.05) is 13.2 Å². The molecule has 0 aliphatic heterocycles. The Morgan fingerprint density at radius 2 is 1.47 bits per heavy atom. The van der Waals surface area contributed by atoms with Crippen molar-refractivity contribution in [2.45, 2.75) is 27.2 Å². The summed E-state index contributed by atoms with van der Waals surface area (Å²) in [5.74, 6) is 1.33. The van der Waals surface area contributed by atoms with Gasteiger partial charge in [-0.15, -0.1) is 0 Å². The predicted octanol–water partition coefficient (Wildman–Crippen LogP) is 2.65. The van der Waals surface area contributed by atoms with Crippen LogP contribution in [0, 0.1) is 5.92 Å². The maximum absolute atomic E-state index is 11.4. The molecule has 0 aliphatic carbocycles. The second-order valence-corrected chi connectivity index (χ2v) is 4.56. The number of Topliss-reactive ketones (excluding diaryl/α,β-unsaturated/α-hetero) is 2. The predicted molar refractivity (Wildman–Crippen MR) is 72.6 cm³/mol. The summed E-state index contributed by atoms with van der Waals surface area (Å²) in [6.45, 7) is 5.64. The molecular formula is C15H20O4. The highest BCUT2D eigenvalue weighted by atomic mass is 16.5. The van der Waals surface area contributed by atoms with Crippen molar-refractivity contribution in [3.63, 3.8) is 0 Å². The van der Waals surface area contributed by atoms with E-state index in [-0.39, 0.29) is 30.7 Å². The minimum atomic E-state index is -0.0253. The van der Waals surface area contributed by atoms with Gasteiger partial charge in [-0.1, -0.05) is 20.8 Å². The topological polar surface area (TPSA) is 52.6 Å². The van der Waals surface area contributed by atoms with E-state index in [1.165, 1.54) is 0 Å². The molecule has 4 nitrogen and oxygen atoms in total. The van der Waals surface area contributed by atoms with Gasteiger partial charge in [-0.2, -0.15) is 0 Å². The number of benzene rings is 1. The molecule has 0 aromatic heterocycles. The maximum Gasteiger partial charge on any atom is 0.172 e. The number of carbonyl (C=O) groups excluding carboxylic acids is 2. The van der Waals surface area contributed by atoms with Crippen LogP contribution in [0.1, 0.15) is 27.2 Å². The molecule has 0 saturated heterocycles. The lowest BCUT2D eigenvalue weighted by Crippen LogP contribution is -2.16. The van der Waals surface area contributed by atoms with Crippen LogP contribution in [0.5, 0.6) is 11.5 Å². The third-order valence-corrected chi connectivity index (χ3v) is 2.64. The molecule has 0 aliphatic rings. The second kappa shape index (κ2) is 7.56. The van der Waals surface area contributed by atoms with E-state index < -0.39 is 0 Å². The lowest BCUT2D eigenvalue weighted by atomic mass is 10.1. The molecule has 0 unspecified atom stereocenters. The highest BCUT2D eigenvalue weighted by Crippen LogP contribution is 2.17. The van der Waals surface area contributed by atoms with Crippen molar-refractivity contribution in [3.05, 3.63) is 24.3 Å². The summed E-state index contributed by atoms with van der Waals surface area (Å²) in [5.41, 5.74) is 0. The number of carbonyl (C=O) groups is 2. The Labute approximate surface area is 113 Å². The molecule has 1 rings (SSSR count). The molecule has 0 bridgehead atoms. The standard InChI is InChI=1S/C15H20O4/c1-4-12(16)9-18-13-5-7-14(8-6-13)19-10-15(17)11(2)3/h5-8,11H,4,9-10H2,1-3H3. The van der Waals surface area contributed by atoms with Gasteiger partial charge >= 0.3 is 0 Å². The molecule has 0 radical (unpaired) electrons. The number of rotatable bonds is 8. The molecular weight excluding hydrogens is 244 g/mol. The Morgan fingerprint density at radius 3 is 1.89 bits per heavy atom. The molecule has 0 atom stereocenters. The van der Waals surface area contributed by atoms with E-state index in [0.29, 0.717) is 17.9 Å². The van der Waals surface area contributed by atoms with Crippen LogP contribution < -0.4 is 9.47 Å². The largest absolute Gasteiger partial charge is 0.486 e.